The highest BCUT2D eigenvalue weighted by molar-refractivity contribution is 5.74. The fourth-order valence-corrected chi connectivity index (χ4v) is 1.81. The van der Waals surface area contributed by atoms with Crippen LogP contribution in [-0.2, 0) is 6.18 Å². The van der Waals surface area contributed by atoms with E-state index in [1.807, 2.05) is 6.92 Å². The Morgan fingerprint density at radius 1 is 1.16 bits per heavy atom. The van der Waals surface area contributed by atoms with Crippen molar-refractivity contribution in [2.45, 2.75) is 32.4 Å². The highest BCUT2D eigenvalue weighted by Crippen LogP contribution is 2.38. The summed E-state index contributed by atoms with van der Waals surface area (Å²) < 4.78 is 38.8. The normalized spacial score (nSPS) is 11.4. The summed E-state index contributed by atoms with van der Waals surface area (Å²) in [6.45, 7) is 2.56. The molecule has 0 saturated heterocycles. The number of rotatable bonds is 6. The Morgan fingerprint density at radius 3 is 2.37 bits per heavy atom. The molecular formula is C13H20F3N3. The number of halogens is 3. The second-order valence-electron chi connectivity index (χ2n) is 4.37. The van der Waals surface area contributed by atoms with E-state index < -0.39 is 11.7 Å². The topological polar surface area (TPSA) is 50.1 Å². The van der Waals surface area contributed by atoms with Gasteiger partial charge in [-0.1, -0.05) is 19.8 Å². The molecule has 0 heterocycles. The average molecular weight is 275 g/mol. The van der Waals surface area contributed by atoms with Crippen molar-refractivity contribution in [2.24, 2.45) is 0 Å². The molecular weight excluding hydrogens is 255 g/mol. The second kappa shape index (κ2) is 6.54. The van der Waals surface area contributed by atoms with E-state index in [4.69, 9.17) is 5.73 Å². The molecule has 6 heteroatoms. The Hall–Kier alpha value is -1.59. The van der Waals surface area contributed by atoms with Gasteiger partial charge in [0.05, 0.1) is 16.9 Å². The number of nitrogens with one attached hydrogen (secondary N) is 2. The number of benzene rings is 1. The van der Waals surface area contributed by atoms with Gasteiger partial charge in [0.1, 0.15) is 0 Å². The van der Waals surface area contributed by atoms with E-state index in [-0.39, 0.29) is 11.4 Å². The van der Waals surface area contributed by atoms with E-state index in [0.29, 0.717) is 12.2 Å². The minimum absolute atomic E-state index is 0.0714. The zero-order chi connectivity index (χ0) is 14.5. The van der Waals surface area contributed by atoms with Crippen LogP contribution < -0.4 is 16.4 Å². The molecule has 1 rings (SSSR count). The Labute approximate surface area is 111 Å². The lowest BCUT2D eigenvalue weighted by atomic mass is 10.1. The van der Waals surface area contributed by atoms with Crippen molar-refractivity contribution in [1.82, 2.24) is 0 Å². The lowest BCUT2D eigenvalue weighted by Crippen LogP contribution is -2.13. The van der Waals surface area contributed by atoms with Gasteiger partial charge in [0.25, 0.3) is 0 Å². The highest BCUT2D eigenvalue weighted by atomic mass is 19.4. The molecule has 19 heavy (non-hydrogen) atoms. The smallest absolute Gasteiger partial charge is 0.397 e. The largest absolute Gasteiger partial charge is 0.418 e. The molecule has 4 N–H and O–H groups in total. The molecule has 0 saturated carbocycles. The number of alkyl halides is 3. The fourth-order valence-electron chi connectivity index (χ4n) is 1.81. The number of hydrogen-bond donors (Lipinski definition) is 3. The predicted molar refractivity (Wildman–Crippen MR) is 73.4 cm³/mol. The number of unbranched alkanes of at least 4 members (excludes halogenated alkanes) is 2. The fraction of sp³-hybridized carbons (Fsp3) is 0.538. The zero-order valence-electron chi connectivity index (χ0n) is 11.2. The van der Waals surface area contributed by atoms with E-state index in [1.165, 1.54) is 6.07 Å². The van der Waals surface area contributed by atoms with E-state index in [0.717, 1.165) is 25.3 Å². The summed E-state index contributed by atoms with van der Waals surface area (Å²) in [4.78, 5) is 0. The minimum Gasteiger partial charge on any atom is -0.397 e. The number of nitrogen functional groups attached to an aromatic ring is 1. The Kier molecular flexibility index (Phi) is 5.32. The van der Waals surface area contributed by atoms with Gasteiger partial charge in [0.15, 0.2) is 0 Å². The first kappa shape index (κ1) is 15.5. The predicted octanol–water partition coefficient (Wildman–Crippen LogP) is 3.93. The average Bonchev–Trinajstić information content (AvgIpc) is 2.34. The summed E-state index contributed by atoms with van der Waals surface area (Å²) in [5, 5.41) is 5.62. The SMILES string of the molecule is CCCCCNc1cc(NC)c(N)cc1C(F)(F)F. The first-order valence-electron chi connectivity index (χ1n) is 6.32. The molecule has 3 nitrogen and oxygen atoms in total. The van der Waals surface area contributed by atoms with Crippen LogP contribution >= 0.6 is 0 Å². The van der Waals surface area contributed by atoms with Gasteiger partial charge < -0.3 is 16.4 Å². The molecule has 0 radical (unpaired) electrons. The van der Waals surface area contributed by atoms with Crippen molar-refractivity contribution in [2.75, 3.05) is 30.0 Å². The maximum Gasteiger partial charge on any atom is 0.418 e. The molecule has 0 aliphatic rings. The van der Waals surface area contributed by atoms with Gasteiger partial charge in [-0.05, 0) is 18.6 Å². The molecule has 108 valence electrons. The molecule has 0 spiro atoms. The van der Waals surface area contributed by atoms with Crippen LogP contribution in [-0.4, -0.2) is 13.6 Å². The number of nitrogens with two attached hydrogens (primary N) is 1. The van der Waals surface area contributed by atoms with Crippen LogP contribution in [0.25, 0.3) is 0 Å². The van der Waals surface area contributed by atoms with Crippen LogP contribution in [0.4, 0.5) is 30.2 Å². The van der Waals surface area contributed by atoms with Crippen molar-refractivity contribution in [3.8, 4) is 0 Å². The van der Waals surface area contributed by atoms with E-state index >= 15 is 0 Å². The van der Waals surface area contributed by atoms with E-state index in [1.54, 1.807) is 7.05 Å². The van der Waals surface area contributed by atoms with E-state index in [9.17, 15) is 13.2 Å². The van der Waals surface area contributed by atoms with Gasteiger partial charge in [-0.15, -0.1) is 0 Å². The van der Waals surface area contributed by atoms with Gasteiger partial charge in [0.2, 0.25) is 0 Å². The Morgan fingerprint density at radius 2 is 1.84 bits per heavy atom. The summed E-state index contributed by atoms with van der Waals surface area (Å²) in [6.07, 6.45) is -1.56. The molecule has 0 aliphatic heterocycles. The van der Waals surface area contributed by atoms with Gasteiger partial charge in [0, 0.05) is 19.3 Å². The van der Waals surface area contributed by atoms with Crippen LogP contribution in [0.3, 0.4) is 0 Å². The summed E-state index contributed by atoms with van der Waals surface area (Å²) in [7, 11) is 1.62. The van der Waals surface area contributed by atoms with Crippen molar-refractivity contribution < 1.29 is 13.2 Å². The Balaban J connectivity index is 2.97. The van der Waals surface area contributed by atoms with Crippen LogP contribution in [0.5, 0.6) is 0 Å². The van der Waals surface area contributed by atoms with Crippen molar-refractivity contribution >= 4 is 17.1 Å². The molecule has 0 atom stereocenters. The molecule has 0 unspecified atom stereocenters. The van der Waals surface area contributed by atoms with Crippen LogP contribution in [0.1, 0.15) is 31.7 Å². The quantitative estimate of drug-likeness (QED) is 0.544. The summed E-state index contributed by atoms with van der Waals surface area (Å²) >= 11 is 0. The monoisotopic (exact) mass is 275 g/mol. The maximum absolute atomic E-state index is 12.9. The third kappa shape index (κ3) is 4.22. The molecule has 0 aromatic heterocycles. The third-order valence-corrected chi connectivity index (χ3v) is 2.86. The Bertz CT molecular complexity index is 416. The van der Waals surface area contributed by atoms with Gasteiger partial charge in [-0.3, -0.25) is 0 Å². The summed E-state index contributed by atoms with van der Waals surface area (Å²) in [5.41, 5.74) is 5.52. The van der Waals surface area contributed by atoms with Crippen LogP contribution in [0.15, 0.2) is 12.1 Å². The van der Waals surface area contributed by atoms with Gasteiger partial charge >= 0.3 is 6.18 Å². The lowest BCUT2D eigenvalue weighted by Gasteiger charge is -2.17. The molecule has 0 amide bonds. The third-order valence-electron chi connectivity index (χ3n) is 2.86. The first-order valence-corrected chi connectivity index (χ1v) is 6.32. The van der Waals surface area contributed by atoms with Gasteiger partial charge in [-0.2, -0.15) is 13.2 Å². The summed E-state index contributed by atoms with van der Waals surface area (Å²) in [5.74, 6) is 0. The standard InChI is InChI=1S/C13H20F3N3/c1-3-4-5-6-19-11-8-12(18-2)10(17)7-9(11)13(14,15)16/h7-8,18-19H,3-6,17H2,1-2H3. The van der Waals surface area contributed by atoms with E-state index in [2.05, 4.69) is 10.6 Å². The van der Waals surface area contributed by atoms with Crippen LogP contribution in [0, 0.1) is 0 Å². The molecule has 1 aromatic carbocycles. The lowest BCUT2D eigenvalue weighted by molar-refractivity contribution is -0.136. The van der Waals surface area contributed by atoms with Crippen molar-refractivity contribution in [3.05, 3.63) is 17.7 Å². The number of hydrogen-bond acceptors (Lipinski definition) is 3. The maximum atomic E-state index is 12.9. The highest BCUT2D eigenvalue weighted by Gasteiger charge is 2.34. The van der Waals surface area contributed by atoms with Crippen molar-refractivity contribution in [1.29, 1.82) is 0 Å². The molecule has 0 bridgehead atoms. The second-order valence-corrected chi connectivity index (χ2v) is 4.37. The first-order chi connectivity index (χ1) is 8.90. The van der Waals surface area contributed by atoms with Crippen LogP contribution in [0.2, 0.25) is 0 Å². The molecule has 0 fully saturated rings. The number of anilines is 3. The zero-order valence-corrected chi connectivity index (χ0v) is 11.2. The summed E-state index contributed by atoms with van der Waals surface area (Å²) in [6, 6.07) is 2.37. The molecule has 1 aromatic rings. The minimum atomic E-state index is -4.41. The molecule has 0 aliphatic carbocycles. The van der Waals surface area contributed by atoms with Crippen molar-refractivity contribution in [3.63, 3.8) is 0 Å². The van der Waals surface area contributed by atoms with Gasteiger partial charge in [-0.25, -0.2) is 0 Å².